The minimum Gasteiger partial charge on any atom is -0.399 e. The number of benzene rings is 2. The fourth-order valence-electron chi connectivity index (χ4n) is 1.92. The van der Waals surface area contributed by atoms with E-state index in [0.717, 1.165) is 5.56 Å². The zero-order valence-corrected chi connectivity index (χ0v) is 11.6. The maximum Gasteiger partial charge on any atom is 0.324 e. The van der Waals surface area contributed by atoms with Gasteiger partial charge in [0.2, 0.25) is 0 Å². The van der Waals surface area contributed by atoms with Gasteiger partial charge in [-0.05, 0) is 24.3 Å². The van der Waals surface area contributed by atoms with Gasteiger partial charge >= 0.3 is 6.03 Å². The third-order valence-corrected chi connectivity index (χ3v) is 2.98. The van der Waals surface area contributed by atoms with Gasteiger partial charge in [0.1, 0.15) is 0 Å². The number of nitrogens with one attached hydrogen (secondary N) is 2. The van der Waals surface area contributed by atoms with E-state index in [1.807, 2.05) is 30.3 Å². The van der Waals surface area contributed by atoms with Crippen LogP contribution in [-0.4, -0.2) is 11.2 Å². The monoisotopic (exact) mass is 294 g/mol. The van der Waals surface area contributed by atoms with Gasteiger partial charge in [-0.1, -0.05) is 35.5 Å². The Bertz CT molecular complexity index is 766. The summed E-state index contributed by atoms with van der Waals surface area (Å²) in [7, 11) is 0. The van der Waals surface area contributed by atoms with Gasteiger partial charge in [0.05, 0.1) is 0 Å². The summed E-state index contributed by atoms with van der Waals surface area (Å²) in [6.45, 7) is 0. The molecule has 0 spiro atoms. The van der Waals surface area contributed by atoms with Crippen molar-refractivity contribution in [3.05, 3.63) is 60.7 Å². The van der Waals surface area contributed by atoms with Crippen molar-refractivity contribution >= 4 is 23.2 Å². The zero-order chi connectivity index (χ0) is 15.4. The van der Waals surface area contributed by atoms with Crippen molar-refractivity contribution in [3.8, 4) is 11.3 Å². The maximum absolute atomic E-state index is 11.9. The summed E-state index contributed by atoms with van der Waals surface area (Å²) in [5.74, 6) is 0.926. The molecule has 3 rings (SSSR count). The molecule has 2 amide bonds. The third-order valence-electron chi connectivity index (χ3n) is 2.98. The summed E-state index contributed by atoms with van der Waals surface area (Å²) in [6, 6.07) is 17.6. The highest BCUT2D eigenvalue weighted by Crippen LogP contribution is 2.22. The molecule has 110 valence electrons. The predicted octanol–water partition coefficient (Wildman–Crippen LogP) is 3.57. The average Bonchev–Trinajstić information content (AvgIpc) is 2.99. The topological polar surface area (TPSA) is 93.2 Å². The number of nitrogens with two attached hydrogens (primary N) is 1. The number of nitrogen functional groups attached to an aromatic ring is 1. The summed E-state index contributed by atoms with van der Waals surface area (Å²) >= 11 is 0. The number of nitrogens with zero attached hydrogens (tertiary/aromatic N) is 1. The number of hydrogen-bond acceptors (Lipinski definition) is 4. The van der Waals surface area contributed by atoms with Crippen LogP contribution in [0.4, 0.5) is 22.0 Å². The van der Waals surface area contributed by atoms with E-state index in [-0.39, 0.29) is 0 Å². The molecule has 0 aliphatic carbocycles. The molecule has 1 heterocycles. The first-order valence-corrected chi connectivity index (χ1v) is 6.66. The van der Waals surface area contributed by atoms with E-state index in [1.165, 1.54) is 0 Å². The van der Waals surface area contributed by atoms with Crippen LogP contribution in [-0.2, 0) is 0 Å². The van der Waals surface area contributed by atoms with Gasteiger partial charge in [0, 0.05) is 23.0 Å². The molecule has 0 radical (unpaired) electrons. The van der Waals surface area contributed by atoms with Crippen LogP contribution in [0.15, 0.2) is 65.2 Å². The molecule has 0 bridgehead atoms. The van der Waals surface area contributed by atoms with Crippen LogP contribution in [0.2, 0.25) is 0 Å². The van der Waals surface area contributed by atoms with Gasteiger partial charge in [-0.3, -0.25) is 5.32 Å². The summed E-state index contributed by atoms with van der Waals surface area (Å²) in [6.07, 6.45) is 0. The molecule has 0 aliphatic heterocycles. The highest BCUT2D eigenvalue weighted by atomic mass is 16.5. The Labute approximate surface area is 126 Å². The van der Waals surface area contributed by atoms with E-state index in [0.29, 0.717) is 23.0 Å². The lowest BCUT2D eigenvalue weighted by molar-refractivity contribution is 0.262. The molecule has 0 aliphatic rings. The second-order valence-corrected chi connectivity index (χ2v) is 4.64. The van der Waals surface area contributed by atoms with E-state index in [4.69, 9.17) is 10.3 Å². The Kier molecular flexibility index (Phi) is 3.74. The van der Waals surface area contributed by atoms with E-state index in [1.54, 1.807) is 30.3 Å². The van der Waals surface area contributed by atoms with Crippen molar-refractivity contribution < 1.29 is 9.32 Å². The van der Waals surface area contributed by atoms with Crippen LogP contribution < -0.4 is 16.4 Å². The van der Waals surface area contributed by atoms with Gasteiger partial charge in [0.25, 0.3) is 0 Å². The van der Waals surface area contributed by atoms with Gasteiger partial charge < -0.3 is 15.6 Å². The lowest BCUT2D eigenvalue weighted by atomic mass is 10.2. The molecule has 0 fully saturated rings. The predicted molar refractivity (Wildman–Crippen MR) is 85.4 cm³/mol. The highest BCUT2D eigenvalue weighted by Gasteiger charge is 2.09. The van der Waals surface area contributed by atoms with Crippen molar-refractivity contribution in [1.29, 1.82) is 0 Å². The molecule has 22 heavy (non-hydrogen) atoms. The number of aromatic nitrogens is 1. The maximum atomic E-state index is 11.9. The van der Waals surface area contributed by atoms with Gasteiger partial charge in [-0.25, -0.2) is 4.79 Å². The molecule has 0 saturated carbocycles. The number of carbonyl (C=O) groups is 1. The Hall–Kier alpha value is -3.28. The highest BCUT2D eigenvalue weighted by molar-refractivity contribution is 5.99. The van der Waals surface area contributed by atoms with Crippen molar-refractivity contribution in [2.45, 2.75) is 0 Å². The molecule has 3 aromatic rings. The molecular formula is C16H14N4O2. The molecule has 0 unspecified atom stereocenters. The molecule has 2 aromatic carbocycles. The number of anilines is 3. The number of hydrogen-bond donors (Lipinski definition) is 3. The van der Waals surface area contributed by atoms with Gasteiger partial charge in [-0.15, -0.1) is 0 Å². The lowest BCUT2D eigenvalue weighted by Gasteiger charge is -2.05. The molecule has 0 saturated heterocycles. The van der Waals surface area contributed by atoms with Crippen LogP contribution in [0, 0.1) is 0 Å². The lowest BCUT2D eigenvalue weighted by Crippen LogP contribution is -2.19. The smallest absolute Gasteiger partial charge is 0.324 e. The van der Waals surface area contributed by atoms with E-state index in [2.05, 4.69) is 15.8 Å². The van der Waals surface area contributed by atoms with Crippen LogP contribution in [0.1, 0.15) is 0 Å². The first-order valence-electron chi connectivity index (χ1n) is 6.66. The first-order chi connectivity index (χ1) is 10.7. The Balaban J connectivity index is 1.65. The van der Waals surface area contributed by atoms with Crippen molar-refractivity contribution in [2.24, 2.45) is 0 Å². The van der Waals surface area contributed by atoms with E-state index >= 15 is 0 Å². The second kappa shape index (κ2) is 6.01. The summed E-state index contributed by atoms with van der Waals surface area (Å²) < 4.78 is 5.21. The fraction of sp³-hybridized carbons (Fsp3) is 0. The van der Waals surface area contributed by atoms with Gasteiger partial charge in [0.15, 0.2) is 11.6 Å². The molecule has 4 N–H and O–H groups in total. The summed E-state index contributed by atoms with van der Waals surface area (Å²) in [5, 5.41) is 9.11. The summed E-state index contributed by atoms with van der Waals surface area (Å²) in [4.78, 5) is 11.9. The standard InChI is InChI=1S/C16H14N4O2/c17-12-6-8-13(9-7-12)18-16(21)19-15-10-14(22-20-15)11-4-2-1-3-5-11/h1-10H,17H2,(H2,18,19,20,21). The van der Waals surface area contributed by atoms with Crippen molar-refractivity contribution in [3.63, 3.8) is 0 Å². The SMILES string of the molecule is Nc1ccc(NC(=O)Nc2cc(-c3ccccc3)on2)cc1. The first kappa shape index (κ1) is 13.7. The number of rotatable bonds is 3. The van der Waals surface area contributed by atoms with Crippen molar-refractivity contribution in [2.75, 3.05) is 16.4 Å². The second-order valence-electron chi connectivity index (χ2n) is 4.64. The van der Waals surface area contributed by atoms with Crippen LogP contribution in [0.3, 0.4) is 0 Å². The molecular weight excluding hydrogens is 280 g/mol. The Morgan fingerprint density at radius 3 is 2.45 bits per heavy atom. The normalized spacial score (nSPS) is 10.2. The van der Waals surface area contributed by atoms with Crippen LogP contribution in [0.5, 0.6) is 0 Å². The quantitative estimate of drug-likeness (QED) is 0.644. The van der Waals surface area contributed by atoms with Crippen molar-refractivity contribution in [1.82, 2.24) is 5.16 Å². The zero-order valence-electron chi connectivity index (χ0n) is 11.6. The Morgan fingerprint density at radius 1 is 1.00 bits per heavy atom. The van der Waals surface area contributed by atoms with E-state index < -0.39 is 6.03 Å². The third kappa shape index (κ3) is 3.24. The molecule has 6 heteroatoms. The molecule has 0 atom stereocenters. The minimum absolute atomic E-state index is 0.340. The molecule has 6 nitrogen and oxygen atoms in total. The van der Waals surface area contributed by atoms with Gasteiger partial charge in [-0.2, -0.15) is 0 Å². The minimum atomic E-state index is -0.405. The average molecular weight is 294 g/mol. The Morgan fingerprint density at radius 2 is 1.73 bits per heavy atom. The largest absolute Gasteiger partial charge is 0.399 e. The summed E-state index contributed by atoms with van der Waals surface area (Å²) in [5.41, 5.74) is 7.75. The molecule has 1 aromatic heterocycles. The number of urea groups is 1. The number of amides is 2. The van der Waals surface area contributed by atoms with Crippen LogP contribution in [0.25, 0.3) is 11.3 Å². The number of carbonyl (C=O) groups excluding carboxylic acids is 1. The fourth-order valence-corrected chi connectivity index (χ4v) is 1.92. The van der Waals surface area contributed by atoms with Crippen LogP contribution >= 0.6 is 0 Å². The van der Waals surface area contributed by atoms with E-state index in [9.17, 15) is 4.79 Å².